The number of nitrogens with zero attached hydrogens (tertiary/aromatic N) is 1. The minimum Gasteiger partial charge on any atom is -0.310 e. The topological polar surface area (TPSA) is 24.4 Å². The molecule has 3 heteroatoms. The van der Waals surface area contributed by atoms with Gasteiger partial charge in [-0.15, -0.1) is 0 Å². The number of halogens is 1. The van der Waals surface area contributed by atoms with E-state index < -0.39 is 0 Å². The Morgan fingerprint density at radius 3 is 2.24 bits per heavy atom. The van der Waals surface area contributed by atoms with Crippen LogP contribution in [0, 0.1) is 12.7 Å². The molecule has 1 aromatic carbocycles. The van der Waals surface area contributed by atoms with Gasteiger partial charge in [0.2, 0.25) is 0 Å². The van der Waals surface area contributed by atoms with Crippen LogP contribution in [0.1, 0.15) is 51.2 Å². The lowest BCUT2D eigenvalue weighted by molar-refractivity contribution is 0.332. The Morgan fingerprint density at radius 2 is 1.90 bits per heavy atom. The van der Waals surface area contributed by atoms with Gasteiger partial charge in [-0.1, -0.05) is 33.4 Å². The molecule has 0 amide bonds. The van der Waals surface area contributed by atoms with Crippen molar-refractivity contribution in [3.8, 4) is 0 Å². The molecule has 0 aliphatic carbocycles. The number of hydrogen-bond acceptors (Lipinski definition) is 2. The molecule has 0 bridgehead atoms. The van der Waals surface area contributed by atoms with Crippen molar-refractivity contribution in [2.45, 2.75) is 52.5 Å². The number of hydrogen-bond donors (Lipinski definition) is 1. The Balaban J connectivity index is 0.000000567. The van der Waals surface area contributed by atoms with E-state index in [-0.39, 0.29) is 11.4 Å². The Kier molecular flexibility index (Phi) is 9.55. The second-order valence-corrected chi connectivity index (χ2v) is 4.92. The number of aliphatic imine (C=N–C) groups is 1. The van der Waals surface area contributed by atoms with Gasteiger partial charge in [-0.2, -0.15) is 0 Å². The van der Waals surface area contributed by atoms with Crippen LogP contribution in [0.5, 0.6) is 0 Å². The van der Waals surface area contributed by atoms with Gasteiger partial charge in [0.15, 0.2) is 0 Å². The third-order valence-electron chi connectivity index (χ3n) is 3.78. The second-order valence-electron chi connectivity index (χ2n) is 4.92. The average molecular weight is 292 g/mol. The van der Waals surface area contributed by atoms with E-state index in [0.717, 1.165) is 24.8 Å². The van der Waals surface area contributed by atoms with Crippen molar-refractivity contribution in [1.82, 2.24) is 5.32 Å². The molecule has 21 heavy (non-hydrogen) atoms. The van der Waals surface area contributed by atoms with Crippen LogP contribution in [-0.2, 0) is 5.54 Å². The molecule has 2 nitrogen and oxygen atoms in total. The first-order valence-electron chi connectivity index (χ1n) is 7.59. The lowest BCUT2D eigenvalue weighted by atomic mass is 9.82. The number of benzene rings is 1. The Hall–Kier alpha value is -1.48. The summed E-state index contributed by atoms with van der Waals surface area (Å²) in [5.41, 5.74) is 2.21. The van der Waals surface area contributed by atoms with Gasteiger partial charge in [0.25, 0.3) is 0 Å². The van der Waals surface area contributed by atoms with Gasteiger partial charge in [-0.05, 0) is 56.5 Å². The average Bonchev–Trinajstić information content (AvgIpc) is 2.49. The van der Waals surface area contributed by atoms with E-state index >= 15 is 0 Å². The van der Waals surface area contributed by atoms with E-state index in [4.69, 9.17) is 0 Å². The molecule has 0 unspecified atom stereocenters. The van der Waals surface area contributed by atoms with Crippen LogP contribution in [0.25, 0.3) is 0 Å². The van der Waals surface area contributed by atoms with Gasteiger partial charge in [0.05, 0.1) is 0 Å². The van der Waals surface area contributed by atoms with E-state index in [1.54, 1.807) is 12.1 Å². The van der Waals surface area contributed by atoms with Crippen LogP contribution in [0.3, 0.4) is 0 Å². The standard InChI is InChI=1S/C13H20FN.C5H9N/c1-5-13(6-2,15-4)12-8-7-11(14)9-10(12)3;1-3-5-6-4-2/h7-9,15H,5-6H2,1-4H3;4-5H,2-3H2,1H3. The molecule has 0 aliphatic rings. The zero-order valence-electron chi connectivity index (χ0n) is 14.0. The third kappa shape index (κ3) is 5.80. The van der Waals surface area contributed by atoms with Crippen LogP contribution >= 0.6 is 0 Å². The van der Waals surface area contributed by atoms with E-state index in [2.05, 4.69) is 30.7 Å². The summed E-state index contributed by atoms with van der Waals surface area (Å²) in [6, 6.07) is 5.04. The van der Waals surface area contributed by atoms with Crippen LogP contribution in [-0.4, -0.2) is 13.3 Å². The molecular formula is C18H29FN2. The number of aryl methyl sites for hydroxylation is 1. The fraction of sp³-hybridized carbons (Fsp3) is 0.500. The molecule has 118 valence electrons. The molecule has 0 aromatic heterocycles. The van der Waals surface area contributed by atoms with E-state index in [1.807, 2.05) is 33.2 Å². The summed E-state index contributed by atoms with van der Waals surface area (Å²) >= 11 is 0. The van der Waals surface area contributed by atoms with Crippen molar-refractivity contribution < 1.29 is 4.39 Å². The summed E-state index contributed by atoms with van der Waals surface area (Å²) < 4.78 is 13.0. The summed E-state index contributed by atoms with van der Waals surface area (Å²) in [5.74, 6) is -0.159. The van der Waals surface area contributed by atoms with Gasteiger partial charge >= 0.3 is 0 Å². The maximum absolute atomic E-state index is 13.0. The van der Waals surface area contributed by atoms with E-state index in [9.17, 15) is 4.39 Å². The van der Waals surface area contributed by atoms with Crippen LogP contribution in [0.2, 0.25) is 0 Å². The van der Waals surface area contributed by atoms with Crippen molar-refractivity contribution in [3.05, 3.63) is 47.9 Å². The van der Waals surface area contributed by atoms with Crippen LogP contribution in [0.4, 0.5) is 4.39 Å². The maximum Gasteiger partial charge on any atom is 0.123 e. The zero-order chi connectivity index (χ0) is 16.3. The predicted molar refractivity (Wildman–Crippen MR) is 91.4 cm³/mol. The molecule has 0 aliphatic heterocycles. The molecule has 0 saturated heterocycles. The monoisotopic (exact) mass is 292 g/mol. The lowest BCUT2D eigenvalue weighted by Crippen LogP contribution is -2.39. The van der Waals surface area contributed by atoms with Gasteiger partial charge in [-0.25, -0.2) is 4.39 Å². The highest BCUT2D eigenvalue weighted by molar-refractivity contribution is 5.57. The first-order chi connectivity index (χ1) is 10.0. The van der Waals surface area contributed by atoms with Gasteiger partial charge in [0, 0.05) is 18.0 Å². The highest BCUT2D eigenvalue weighted by Gasteiger charge is 2.27. The summed E-state index contributed by atoms with van der Waals surface area (Å²) in [4.78, 5) is 3.73. The quantitative estimate of drug-likeness (QED) is 0.735. The zero-order valence-corrected chi connectivity index (χ0v) is 14.0. The lowest BCUT2D eigenvalue weighted by Gasteiger charge is -2.33. The van der Waals surface area contributed by atoms with E-state index in [1.165, 1.54) is 11.8 Å². The first-order valence-corrected chi connectivity index (χ1v) is 7.59. The van der Waals surface area contributed by atoms with Gasteiger partial charge < -0.3 is 5.32 Å². The Labute approximate surface area is 129 Å². The summed E-state index contributed by atoms with van der Waals surface area (Å²) in [6.07, 6.45) is 6.35. The van der Waals surface area contributed by atoms with Crippen molar-refractivity contribution in [2.24, 2.45) is 4.99 Å². The number of nitrogens with one attached hydrogen (secondary N) is 1. The SMILES string of the molecule is C=CN=CCC.CCC(CC)(NC)c1ccc(F)cc1C. The molecular weight excluding hydrogens is 263 g/mol. The van der Waals surface area contributed by atoms with Crippen molar-refractivity contribution in [3.63, 3.8) is 0 Å². The molecule has 0 saturated carbocycles. The van der Waals surface area contributed by atoms with Gasteiger partial charge in [-0.3, -0.25) is 4.99 Å². The summed E-state index contributed by atoms with van der Waals surface area (Å²) in [7, 11) is 1.97. The Bertz CT molecular complexity index is 440. The van der Waals surface area contributed by atoms with Gasteiger partial charge in [0.1, 0.15) is 5.82 Å². The van der Waals surface area contributed by atoms with Crippen molar-refractivity contribution in [2.75, 3.05) is 7.05 Å². The van der Waals surface area contributed by atoms with Crippen molar-refractivity contribution >= 4 is 6.21 Å². The predicted octanol–water partition coefficient (Wildman–Crippen LogP) is 4.98. The highest BCUT2D eigenvalue weighted by atomic mass is 19.1. The fourth-order valence-corrected chi connectivity index (χ4v) is 2.46. The molecule has 1 N–H and O–H groups in total. The molecule has 1 aromatic rings. The smallest absolute Gasteiger partial charge is 0.123 e. The molecule has 1 rings (SSSR count). The summed E-state index contributed by atoms with van der Waals surface area (Å²) in [6.45, 7) is 11.7. The third-order valence-corrected chi connectivity index (χ3v) is 3.78. The van der Waals surface area contributed by atoms with Crippen LogP contribution < -0.4 is 5.32 Å². The highest BCUT2D eigenvalue weighted by Crippen LogP contribution is 2.30. The first kappa shape index (κ1) is 19.5. The van der Waals surface area contributed by atoms with Crippen molar-refractivity contribution in [1.29, 1.82) is 0 Å². The molecule has 0 fully saturated rings. The number of rotatable bonds is 6. The normalized spacial score (nSPS) is 11.1. The molecule has 0 radical (unpaired) electrons. The largest absolute Gasteiger partial charge is 0.310 e. The summed E-state index contributed by atoms with van der Waals surface area (Å²) in [5, 5.41) is 3.37. The van der Waals surface area contributed by atoms with E-state index in [0.29, 0.717) is 0 Å². The maximum atomic E-state index is 13.0. The fourth-order valence-electron chi connectivity index (χ4n) is 2.46. The Morgan fingerprint density at radius 1 is 1.29 bits per heavy atom. The minimum atomic E-state index is -0.159. The second kappa shape index (κ2) is 10.3. The van der Waals surface area contributed by atoms with Crippen LogP contribution in [0.15, 0.2) is 36.0 Å². The molecule has 0 spiro atoms. The molecule has 0 atom stereocenters. The minimum absolute atomic E-state index is 0.0161. The molecule has 0 heterocycles.